The molecule has 0 bridgehead atoms. The van der Waals surface area contributed by atoms with Gasteiger partial charge in [-0.1, -0.05) is 48.5 Å². The second-order valence-corrected chi connectivity index (χ2v) is 6.57. The molecule has 2 aromatic rings. The van der Waals surface area contributed by atoms with Crippen molar-refractivity contribution >= 4 is 0 Å². The topological polar surface area (TPSA) is 12.0 Å². The van der Waals surface area contributed by atoms with E-state index < -0.39 is 0 Å². The zero-order chi connectivity index (χ0) is 14.1. The standard InChI is InChI=1S/C20H23N/c1-2-8-17-13-19(12-16(17)7-1)21-14-18-10-5-9-15-6-3-4-11-20(15)18/h1-4,6-8,11,18-19,21H,5,9-10,12-14H2. The van der Waals surface area contributed by atoms with Crippen molar-refractivity contribution in [3.8, 4) is 0 Å². The Hall–Kier alpha value is -1.60. The molecule has 2 aliphatic carbocycles. The Morgan fingerprint density at radius 1 is 0.857 bits per heavy atom. The summed E-state index contributed by atoms with van der Waals surface area (Å²) in [6.45, 7) is 1.13. The fourth-order valence-corrected chi connectivity index (χ4v) is 4.08. The molecule has 0 saturated carbocycles. The van der Waals surface area contributed by atoms with Crippen molar-refractivity contribution in [2.24, 2.45) is 0 Å². The van der Waals surface area contributed by atoms with Gasteiger partial charge in [0.1, 0.15) is 0 Å². The maximum atomic E-state index is 3.84. The highest BCUT2D eigenvalue weighted by atomic mass is 14.9. The number of hydrogen-bond acceptors (Lipinski definition) is 1. The fraction of sp³-hybridized carbons (Fsp3) is 0.400. The quantitative estimate of drug-likeness (QED) is 0.898. The van der Waals surface area contributed by atoms with Gasteiger partial charge in [-0.25, -0.2) is 0 Å². The van der Waals surface area contributed by atoms with Crippen molar-refractivity contribution in [3.63, 3.8) is 0 Å². The summed E-state index contributed by atoms with van der Waals surface area (Å²) < 4.78 is 0. The number of rotatable bonds is 3. The summed E-state index contributed by atoms with van der Waals surface area (Å²) in [5, 5.41) is 3.84. The highest BCUT2D eigenvalue weighted by Crippen LogP contribution is 2.31. The summed E-state index contributed by atoms with van der Waals surface area (Å²) >= 11 is 0. The molecule has 108 valence electrons. The van der Waals surface area contributed by atoms with Gasteiger partial charge in [0, 0.05) is 12.6 Å². The summed E-state index contributed by atoms with van der Waals surface area (Å²) in [6, 6.07) is 18.6. The van der Waals surface area contributed by atoms with Gasteiger partial charge in [0.15, 0.2) is 0 Å². The van der Waals surface area contributed by atoms with Crippen LogP contribution in [0.25, 0.3) is 0 Å². The van der Waals surface area contributed by atoms with E-state index in [-0.39, 0.29) is 0 Å². The molecule has 1 heteroatoms. The Kier molecular flexibility index (Phi) is 3.52. The first-order chi connectivity index (χ1) is 10.4. The molecular formula is C20H23N. The van der Waals surface area contributed by atoms with E-state index in [1.807, 2.05) is 0 Å². The molecule has 2 aromatic carbocycles. The third-order valence-electron chi connectivity index (χ3n) is 5.20. The average molecular weight is 277 g/mol. The number of aryl methyl sites for hydroxylation is 1. The van der Waals surface area contributed by atoms with Crippen molar-refractivity contribution in [1.29, 1.82) is 0 Å². The molecule has 0 radical (unpaired) electrons. The first-order valence-corrected chi connectivity index (χ1v) is 8.28. The van der Waals surface area contributed by atoms with Crippen molar-refractivity contribution in [2.75, 3.05) is 6.54 Å². The monoisotopic (exact) mass is 277 g/mol. The van der Waals surface area contributed by atoms with E-state index in [0.717, 1.165) is 6.54 Å². The molecule has 1 unspecified atom stereocenters. The van der Waals surface area contributed by atoms with Crippen LogP contribution in [0.5, 0.6) is 0 Å². The first-order valence-electron chi connectivity index (χ1n) is 8.28. The minimum atomic E-state index is 0.636. The van der Waals surface area contributed by atoms with Crippen LogP contribution in [0.3, 0.4) is 0 Å². The van der Waals surface area contributed by atoms with Gasteiger partial charge in [-0.15, -0.1) is 0 Å². The molecular weight excluding hydrogens is 254 g/mol. The maximum absolute atomic E-state index is 3.84. The van der Waals surface area contributed by atoms with Gasteiger partial charge in [-0.2, -0.15) is 0 Å². The minimum absolute atomic E-state index is 0.636. The second-order valence-electron chi connectivity index (χ2n) is 6.57. The highest BCUT2D eigenvalue weighted by Gasteiger charge is 2.24. The molecule has 1 N–H and O–H groups in total. The van der Waals surface area contributed by atoms with Gasteiger partial charge < -0.3 is 5.32 Å². The molecule has 0 spiro atoms. The average Bonchev–Trinajstić information content (AvgIpc) is 2.96. The van der Waals surface area contributed by atoms with E-state index in [2.05, 4.69) is 53.8 Å². The Morgan fingerprint density at radius 3 is 2.29 bits per heavy atom. The van der Waals surface area contributed by atoms with E-state index in [1.165, 1.54) is 32.1 Å². The van der Waals surface area contributed by atoms with Crippen molar-refractivity contribution in [1.82, 2.24) is 5.32 Å². The lowest BCUT2D eigenvalue weighted by Gasteiger charge is -2.27. The van der Waals surface area contributed by atoms with Crippen molar-refractivity contribution in [3.05, 3.63) is 70.8 Å². The predicted octanol–water partition coefficient (Wildman–Crippen LogP) is 3.86. The Balaban J connectivity index is 1.41. The molecule has 2 aliphatic rings. The van der Waals surface area contributed by atoms with Gasteiger partial charge in [-0.05, 0) is 60.3 Å². The van der Waals surface area contributed by atoms with Crippen molar-refractivity contribution in [2.45, 2.75) is 44.1 Å². The molecule has 0 saturated heterocycles. The molecule has 1 nitrogen and oxygen atoms in total. The third-order valence-corrected chi connectivity index (χ3v) is 5.20. The SMILES string of the molecule is c1ccc2c(c1)CC(NCC1CCCc3ccccc31)C2. The maximum Gasteiger partial charge on any atom is 0.0148 e. The zero-order valence-electron chi connectivity index (χ0n) is 12.5. The molecule has 21 heavy (non-hydrogen) atoms. The molecule has 0 heterocycles. The van der Waals surface area contributed by atoms with Crippen LogP contribution in [-0.4, -0.2) is 12.6 Å². The zero-order valence-corrected chi connectivity index (χ0v) is 12.5. The third kappa shape index (κ3) is 2.63. The van der Waals surface area contributed by atoms with Crippen LogP contribution < -0.4 is 5.32 Å². The van der Waals surface area contributed by atoms with Gasteiger partial charge in [0.2, 0.25) is 0 Å². The number of benzene rings is 2. The van der Waals surface area contributed by atoms with Crippen LogP contribution in [-0.2, 0) is 19.3 Å². The van der Waals surface area contributed by atoms with E-state index >= 15 is 0 Å². The predicted molar refractivity (Wildman–Crippen MR) is 87.8 cm³/mol. The summed E-state index contributed by atoms with van der Waals surface area (Å²) in [5.41, 5.74) is 6.25. The minimum Gasteiger partial charge on any atom is -0.313 e. The number of hydrogen-bond donors (Lipinski definition) is 1. The van der Waals surface area contributed by atoms with Gasteiger partial charge in [0.05, 0.1) is 0 Å². The van der Waals surface area contributed by atoms with E-state index in [9.17, 15) is 0 Å². The Labute approximate surface area is 127 Å². The Bertz CT molecular complexity index is 606. The summed E-state index contributed by atoms with van der Waals surface area (Å²) in [5.74, 6) is 0.707. The van der Waals surface area contributed by atoms with Crippen LogP contribution in [0, 0.1) is 0 Å². The summed E-state index contributed by atoms with van der Waals surface area (Å²) in [6.07, 6.45) is 6.34. The van der Waals surface area contributed by atoms with E-state index in [1.54, 1.807) is 22.3 Å². The smallest absolute Gasteiger partial charge is 0.0148 e. The van der Waals surface area contributed by atoms with Gasteiger partial charge in [-0.3, -0.25) is 0 Å². The van der Waals surface area contributed by atoms with Gasteiger partial charge in [0.25, 0.3) is 0 Å². The fourth-order valence-electron chi connectivity index (χ4n) is 4.08. The summed E-state index contributed by atoms with van der Waals surface area (Å²) in [4.78, 5) is 0. The summed E-state index contributed by atoms with van der Waals surface area (Å²) in [7, 11) is 0. The largest absolute Gasteiger partial charge is 0.313 e. The van der Waals surface area contributed by atoms with Crippen molar-refractivity contribution < 1.29 is 0 Å². The first kappa shape index (κ1) is 13.1. The number of fused-ring (bicyclic) bond motifs is 2. The molecule has 0 aromatic heterocycles. The van der Waals surface area contributed by atoms with Crippen LogP contribution in [0.2, 0.25) is 0 Å². The lowest BCUT2D eigenvalue weighted by atomic mass is 9.83. The second kappa shape index (κ2) is 5.65. The van der Waals surface area contributed by atoms with Crippen LogP contribution in [0.4, 0.5) is 0 Å². The Morgan fingerprint density at radius 2 is 1.52 bits per heavy atom. The van der Waals surface area contributed by atoms with Crippen LogP contribution in [0.1, 0.15) is 41.0 Å². The molecule has 0 amide bonds. The van der Waals surface area contributed by atoms with Gasteiger partial charge >= 0.3 is 0 Å². The highest BCUT2D eigenvalue weighted by molar-refractivity contribution is 5.34. The molecule has 4 rings (SSSR count). The molecule has 1 atom stereocenters. The lowest BCUT2D eigenvalue weighted by Crippen LogP contribution is -2.34. The van der Waals surface area contributed by atoms with E-state index in [0.29, 0.717) is 12.0 Å². The normalized spacial score (nSPS) is 21.0. The number of nitrogens with one attached hydrogen (secondary N) is 1. The lowest BCUT2D eigenvalue weighted by molar-refractivity contribution is 0.458. The molecule has 0 fully saturated rings. The van der Waals surface area contributed by atoms with Crippen LogP contribution >= 0.6 is 0 Å². The van der Waals surface area contributed by atoms with Crippen LogP contribution in [0.15, 0.2) is 48.5 Å². The van der Waals surface area contributed by atoms with E-state index in [4.69, 9.17) is 0 Å². The molecule has 0 aliphatic heterocycles.